The number of nitrogen functional groups attached to an aromatic ring is 1. The number of methoxy groups -OCH3 is 1. The number of ether oxygens (including phenoxy) is 1. The van der Waals surface area contributed by atoms with Crippen molar-refractivity contribution < 1.29 is 13.2 Å². The van der Waals surface area contributed by atoms with Crippen LogP contribution in [0.4, 0.5) is 5.95 Å². The number of hydrogen-bond acceptors (Lipinski definition) is 7. The molecule has 8 nitrogen and oxygen atoms in total. The molecule has 1 rings (SSSR count). The number of nitrogens with two attached hydrogens (primary N) is 1. The van der Waals surface area contributed by atoms with Crippen LogP contribution in [0.25, 0.3) is 0 Å². The van der Waals surface area contributed by atoms with Crippen molar-refractivity contribution in [2.45, 2.75) is 11.8 Å². The Morgan fingerprint density at radius 3 is 2.56 bits per heavy atom. The number of hydrazine groups is 1. The molecule has 0 saturated carbocycles. The number of sulfonamides is 1. The summed E-state index contributed by atoms with van der Waals surface area (Å²) in [6.07, 6.45) is 2.37. The van der Waals surface area contributed by atoms with E-state index in [4.69, 9.17) is 10.6 Å². The third-order valence-electron chi connectivity index (χ3n) is 2.14. The van der Waals surface area contributed by atoms with Gasteiger partial charge in [0.2, 0.25) is 16.0 Å². The van der Waals surface area contributed by atoms with Crippen LogP contribution in [-0.4, -0.2) is 38.6 Å². The molecule has 0 amide bonds. The van der Waals surface area contributed by atoms with Gasteiger partial charge in [0.05, 0.1) is 12.4 Å². The van der Waals surface area contributed by atoms with E-state index in [9.17, 15) is 8.42 Å². The summed E-state index contributed by atoms with van der Waals surface area (Å²) in [5.41, 5.74) is 2.22. The SMILES string of the molecule is COCC(C)CNS(=O)(=O)c1cnc(NN)nc1. The van der Waals surface area contributed by atoms with Gasteiger partial charge in [-0.3, -0.25) is 5.43 Å². The van der Waals surface area contributed by atoms with E-state index in [1.165, 1.54) is 12.4 Å². The van der Waals surface area contributed by atoms with Crippen LogP contribution < -0.4 is 16.0 Å². The predicted octanol–water partition coefficient (Wildman–Crippen LogP) is -0.677. The van der Waals surface area contributed by atoms with Crippen molar-refractivity contribution in [3.63, 3.8) is 0 Å². The molecule has 0 spiro atoms. The smallest absolute Gasteiger partial charge is 0.243 e. The molecule has 102 valence electrons. The zero-order chi connectivity index (χ0) is 13.6. The highest BCUT2D eigenvalue weighted by atomic mass is 32.2. The molecule has 9 heteroatoms. The second-order valence-electron chi connectivity index (χ2n) is 3.80. The van der Waals surface area contributed by atoms with Gasteiger partial charge in [0, 0.05) is 20.3 Å². The molecular formula is C9H17N5O3S. The van der Waals surface area contributed by atoms with Crippen molar-refractivity contribution in [3.8, 4) is 0 Å². The Labute approximate surface area is 106 Å². The molecule has 1 heterocycles. The number of nitrogens with zero attached hydrogens (tertiary/aromatic N) is 2. The molecule has 1 atom stereocenters. The van der Waals surface area contributed by atoms with E-state index in [2.05, 4.69) is 20.1 Å². The first kappa shape index (κ1) is 14.8. The number of aromatic nitrogens is 2. The second-order valence-corrected chi connectivity index (χ2v) is 5.57. The topological polar surface area (TPSA) is 119 Å². The molecule has 18 heavy (non-hydrogen) atoms. The standard InChI is InChI=1S/C9H17N5O3S/c1-7(6-17-2)3-13-18(15,16)8-4-11-9(14-10)12-5-8/h4-5,7,13H,3,6,10H2,1-2H3,(H,11,12,14). The monoisotopic (exact) mass is 275 g/mol. The van der Waals surface area contributed by atoms with Crippen molar-refractivity contribution in [1.82, 2.24) is 14.7 Å². The minimum Gasteiger partial charge on any atom is -0.384 e. The van der Waals surface area contributed by atoms with E-state index in [0.717, 1.165) is 0 Å². The van der Waals surface area contributed by atoms with Crippen LogP contribution in [0.3, 0.4) is 0 Å². The molecule has 0 bridgehead atoms. The van der Waals surface area contributed by atoms with E-state index in [0.29, 0.717) is 6.61 Å². The molecule has 0 aliphatic rings. The van der Waals surface area contributed by atoms with Gasteiger partial charge in [-0.25, -0.2) is 29.0 Å². The predicted molar refractivity (Wildman–Crippen MR) is 66.1 cm³/mol. The maximum atomic E-state index is 11.9. The van der Waals surface area contributed by atoms with Crippen LogP contribution in [0.5, 0.6) is 0 Å². The normalized spacial score (nSPS) is 13.3. The summed E-state index contributed by atoms with van der Waals surface area (Å²) >= 11 is 0. The molecule has 1 unspecified atom stereocenters. The molecule has 1 aromatic heterocycles. The van der Waals surface area contributed by atoms with Gasteiger partial charge in [0.25, 0.3) is 0 Å². The number of nitrogens with one attached hydrogen (secondary N) is 2. The molecule has 1 aromatic rings. The van der Waals surface area contributed by atoms with Crippen molar-refractivity contribution >= 4 is 16.0 Å². The third-order valence-corrected chi connectivity index (χ3v) is 3.52. The number of anilines is 1. The maximum Gasteiger partial charge on any atom is 0.243 e. The van der Waals surface area contributed by atoms with Crippen LogP contribution in [0, 0.1) is 5.92 Å². The first-order valence-electron chi connectivity index (χ1n) is 5.27. The Kier molecular flexibility index (Phi) is 5.41. The highest BCUT2D eigenvalue weighted by Crippen LogP contribution is 2.07. The van der Waals surface area contributed by atoms with Gasteiger partial charge in [-0.15, -0.1) is 0 Å². The average molecular weight is 275 g/mol. The van der Waals surface area contributed by atoms with Gasteiger partial charge in [0.15, 0.2) is 0 Å². The van der Waals surface area contributed by atoms with Gasteiger partial charge in [-0.2, -0.15) is 0 Å². The maximum absolute atomic E-state index is 11.9. The summed E-state index contributed by atoms with van der Waals surface area (Å²) in [5, 5.41) is 0. The Bertz CT molecular complexity index is 462. The first-order valence-corrected chi connectivity index (χ1v) is 6.75. The second kappa shape index (κ2) is 6.59. The van der Waals surface area contributed by atoms with E-state index in [1.807, 2.05) is 6.92 Å². The van der Waals surface area contributed by atoms with Crippen molar-refractivity contribution in [3.05, 3.63) is 12.4 Å². The van der Waals surface area contributed by atoms with Crippen molar-refractivity contribution in [2.24, 2.45) is 11.8 Å². The minimum atomic E-state index is -3.60. The van der Waals surface area contributed by atoms with Gasteiger partial charge in [-0.1, -0.05) is 6.92 Å². The lowest BCUT2D eigenvalue weighted by atomic mass is 10.2. The molecule has 0 radical (unpaired) electrons. The van der Waals surface area contributed by atoms with E-state index in [1.54, 1.807) is 7.11 Å². The Morgan fingerprint density at radius 1 is 1.44 bits per heavy atom. The van der Waals surface area contributed by atoms with Gasteiger partial charge in [0.1, 0.15) is 4.90 Å². The highest BCUT2D eigenvalue weighted by molar-refractivity contribution is 7.89. The minimum absolute atomic E-state index is 0.00823. The summed E-state index contributed by atoms with van der Waals surface area (Å²) in [7, 11) is -2.03. The third kappa shape index (κ3) is 4.18. The van der Waals surface area contributed by atoms with Crippen LogP contribution in [0.2, 0.25) is 0 Å². The van der Waals surface area contributed by atoms with Crippen molar-refractivity contribution in [2.75, 3.05) is 25.7 Å². The summed E-state index contributed by atoms with van der Waals surface area (Å²) < 4.78 is 31.1. The Morgan fingerprint density at radius 2 is 2.06 bits per heavy atom. The zero-order valence-electron chi connectivity index (χ0n) is 10.3. The van der Waals surface area contributed by atoms with Gasteiger partial charge < -0.3 is 4.74 Å². The van der Waals surface area contributed by atoms with E-state index in [-0.39, 0.29) is 23.3 Å². The lowest BCUT2D eigenvalue weighted by molar-refractivity contribution is 0.161. The largest absolute Gasteiger partial charge is 0.384 e. The highest BCUT2D eigenvalue weighted by Gasteiger charge is 2.16. The average Bonchev–Trinajstić information content (AvgIpc) is 2.37. The fourth-order valence-electron chi connectivity index (χ4n) is 1.21. The van der Waals surface area contributed by atoms with Crippen molar-refractivity contribution in [1.29, 1.82) is 0 Å². The number of rotatable bonds is 7. The molecule has 0 aromatic carbocycles. The molecule has 4 N–H and O–H groups in total. The van der Waals surface area contributed by atoms with Crippen LogP contribution in [-0.2, 0) is 14.8 Å². The molecule has 0 fully saturated rings. The van der Waals surface area contributed by atoms with Crippen LogP contribution in [0.1, 0.15) is 6.92 Å². The molecule has 0 saturated heterocycles. The molecule has 0 aliphatic heterocycles. The van der Waals surface area contributed by atoms with Crippen LogP contribution >= 0.6 is 0 Å². The quantitative estimate of drug-likeness (QED) is 0.445. The first-order chi connectivity index (χ1) is 8.49. The Hall–Kier alpha value is -1.29. The fraction of sp³-hybridized carbons (Fsp3) is 0.556. The lowest BCUT2D eigenvalue weighted by Gasteiger charge is -2.11. The van der Waals surface area contributed by atoms with Crippen LogP contribution in [0.15, 0.2) is 17.3 Å². The summed E-state index contributed by atoms with van der Waals surface area (Å²) in [5.74, 6) is 5.32. The number of hydrogen-bond donors (Lipinski definition) is 3. The van der Waals surface area contributed by atoms with Gasteiger partial charge in [-0.05, 0) is 5.92 Å². The molecule has 0 aliphatic carbocycles. The fourth-order valence-corrected chi connectivity index (χ4v) is 2.26. The summed E-state index contributed by atoms with van der Waals surface area (Å²) in [6, 6.07) is 0. The lowest BCUT2D eigenvalue weighted by Crippen LogP contribution is -2.30. The van der Waals surface area contributed by atoms with E-state index < -0.39 is 10.0 Å². The zero-order valence-corrected chi connectivity index (χ0v) is 11.1. The Balaban J connectivity index is 2.67. The summed E-state index contributed by atoms with van der Waals surface area (Å²) in [6.45, 7) is 2.64. The molecular weight excluding hydrogens is 258 g/mol. The van der Waals surface area contributed by atoms with E-state index >= 15 is 0 Å². The summed E-state index contributed by atoms with van der Waals surface area (Å²) in [4.78, 5) is 7.46. The van der Waals surface area contributed by atoms with Gasteiger partial charge >= 0.3 is 0 Å².